The number of thiazole rings is 1. The van der Waals surface area contributed by atoms with Gasteiger partial charge in [-0.15, -0.1) is 11.3 Å². The average Bonchev–Trinajstić information content (AvgIpc) is 3.16. The summed E-state index contributed by atoms with van der Waals surface area (Å²) < 4.78 is 0. The largest absolute Gasteiger partial charge is 0.345 e. The van der Waals surface area contributed by atoms with Crippen LogP contribution in [-0.2, 0) is 4.79 Å². The Kier molecular flexibility index (Phi) is 4.46. The van der Waals surface area contributed by atoms with Gasteiger partial charge in [-0.25, -0.2) is 9.97 Å². The monoisotopic (exact) mass is 385 g/mol. The summed E-state index contributed by atoms with van der Waals surface area (Å²) in [6.07, 6.45) is 8.04. The van der Waals surface area contributed by atoms with Gasteiger partial charge in [-0.1, -0.05) is 6.42 Å². The molecule has 2 aliphatic rings. The van der Waals surface area contributed by atoms with E-state index in [1.54, 1.807) is 6.20 Å². The van der Waals surface area contributed by atoms with E-state index in [0.29, 0.717) is 22.9 Å². The number of carbonyl (C=O) groups is 2. The number of nitrogens with zero attached hydrogens (tertiary/aromatic N) is 3. The third-order valence-electron chi connectivity index (χ3n) is 5.76. The second-order valence-electron chi connectivity index (χ2n) is 7.84. The molecule has 2 N–H and O–H groups in total. The second kappa shape index (κ2) is 6.67. The van der Waals surface area contributed by atoms with Crippen molar-refractivity contribution in [3.8, 4) is 0 Å². The van der Waals surface area contributed by atoms with E-state index in [1.165, 1.54) is 17.5 Å². The van der Waals surface area contributed by atoms with Gasteiger partial charge in [0, 0.05) is 17.1 Å². The standard InChI is InChI=1S/C19H23N5O2S/c1-12-8-20-9-14(21-12)15(25)24-19-5-3-4-18(11-19,6-7-19)16(26)23-17-22-13(2)10-27-17/h8-10H,3-7,11H2,1-2H3,(H,24,25)(H,22,23,26). The maximum atomic E-state index is 13.0. The van der Waals surface area contributed by atoms with Crippen molar-refractivity contribution in [3.05, 3.63) is 34.9 Å². The first-order valence-electron chi connectivity index (χ1n) is 9.25. The maximum absolute atomic E-state index is 13.0. The third-order valence-corrected chi connectivity index (χ3v) is 6.63. The van der Waals surface area contributed by atoms with Crippen LogP contribution in [0.4, 0.5) is 5.13 Å². The maximum Gasteiger partial charge on any atom is 0.271 e. The summed E-state index contributed by atoms with van der Waals surface area (Å²) in [5.41, 5.74) is 1.18. The number of anilines is 1. The Morgan fingerprint density at radius 3 is 2.67 bits per heavy atom. The SMILES string of the molecule is Cc1cncc(C(=O)NC23CCCC(C(=O)Nc4nc(C)cs4)(CC2)C3)n1. The van der Waals surface area contributed by atoms with Crippen molar-refractivity contribution in [1.29, 1.82) is 0 Å². The molecule has 0 saturated heterocycles. The molecule has 2 amide bonds. The molecule has 2 saturated carbocycles. The highest BCUT2D eigenvalue weighted by Crippen LogP contribution is 2.54. The first kappa shape index (κ1) is 18.0. The van der Waals surface area contributed by atoms with E-state index < -0.39 is 5.41 Å². The number of aromatic nitrogens is 3. The van der Waals surface area contributed by atoms with E-state index >= 15 is 0 Å². The first-order chi connectivity index (χ1) is 12.9. The van der Waals surface area contributed by atoms with E-state index in [1.807, 2.05) is 19.2 Å². The van der Waals surface area contributed by atoms with Crippen LogP contribution in [0.3, 0.4) is 0 Å². The fraction of sp³-hybridized carbons (Fsp3) is 0.526. The number of aryl methyl sites for hydroxylation is 2. The molecule has 142 valence electrons. The van der Waals surface area contributed by atoms with Crippen molar-refractivity contribution in [2.24, 2.45) is 5.41 Å². The van der Waals surface area contributed by atoms with Gasteiger partial charge in [-0.3, -0.25) is 14.6 Å². The molecule has 27 heavy (non-hydrogen) atoms. The zero-order chi connectivity index (χ0) is 19.1. The Morgan fingerprint density at radius 2 is 1.93 bits per heavy atom. The van der Waals surface area contributed by atoms with Crippen LogP contribution < -0.4 is 10.6 Å². The fourth-order valence-corrected chi connectivity index (χ4v) is 5.17. The molecule has 0 aliphatic heterocycles. The lowest BCUT2D eigenvalue weighted by Crippen LogP contribution is -2.51. The van der Waals surface area contributed by atoms with Crippen molar-refractivity contribution in [2.75, 3.05) is 5.32 Å². The van der Waals surface area contributed by atoms with Crippen LogP contribution in [0.15, 0.2) is 17.8 Å². The molecule has 0 aromatic carbocycles. The highest BCUT2D eigenvalue weighted by Gasteiger charge is 2.55. The Labute approximate surface area is 162 Å². The number of amides is 2. The molecule has 4 rings (SSSR count). The fourth-order valence-electron chi connectivity index (χ4n) is 4.49. The van der Waals surface area contributed by atoms with Crippen LogP contribution in [0.2, 0.25) is 0 Å². The van der Waals surface area contributed by atoms with E-state index in [2.05, 4.69) is 25.6 Å². The van der Waals surface area contributed by atoms with Crippen LogP contribution in [0, 0.1) is 19.3 Å². The lowest BCUT2D eigenvalue weighted by molar-refractivity contribution is -0.126. The van der Waals surface area contributed by atoms with Gasteiger partial charge in [0.15, 0.2) is 5.13 Å². The van der Waals surface area contributed by atoms with E-state index in [-0.39, 0.29) is 17.4 Å². The van der Waals surface area contributed by atoms with Crippen molar-refractivity contribution in [2.45, 2.75) is 57.9 Å². The molecule has 2 unspecified atom stereocenters. The van der Waals surface area contributed by atoms with E-state index in [4.69, 9.17) is 0 Å². The molecule has 2 bridgehead atoms. The van der Waals surface area contributed by atoms with Gasteiger partial charge in [0.05, 0.1) is 23.0 Å². The summed E-state index contributed by atoms with van der Waals surface area (Å²) in [7, 11) is 0. The molecular weight excluding hydrogens is 362 g/mol. The quantitative estimate of drug-likeness (QED) is 0.843. The summed E-state index contributed by atoms with van der Waals surface area (Å²) in [6.45, 7) is 3.73. The zero-order valence-electron chi connectivity index (χ0n) is 15.5. The van der Waals surface area contributed by atoms with Crippen LogP contribution in [-0.4, -0.2) is 32.3 Å². The number of hydrogen-bond donors (Lipinski definition) is 2. The summed E-state index contributed by atoms with van der Waals surface area (Å²) >= 11 is 1.45. The van der Waals surface area contributed by atoms with Gasteiger partial charge in [0.25, 0.3) is 5.91 Å². The second-order valence-corrected chi connectivity index (χ2v) is 8.70. The topological polar surface area (TPSA) is 96.9 Å². The van der Waals surface area contributed by atoms with Gasteiger partial charge < -0.3 is 10.6 Å². The Morgan fingerprint density at radius 1 is 1.07 bits per heavy atom. The van der Waals surface area contributed by atoms with Crippen molar-refractivity contribution < 1.29 is 9.59 Å². The number of hydrogen-bond acceptors (Lipinski definition) is 6. The molecule has 2 atom stereocenters. The molecule has 2 heterocycles. The lowest BCUT2D eigenvalue weighted by atomic mass is 9.72. The highest BCUT2D eigenvalue weighted by atomic mass is 32.1. The zero-order valence-corrected chi connectivity index (χ0v) is 16.4. The molecule has 8 heteroatoms. The average molecular weight is 385 g/mol. The van der Waals surface area contributed by atoms with Crippen molar-refractivity contribution in [1.82, 2.24) is 20.3 Å². The molecule has 7 nitrogen and oxygen atoms in total. The first-order valence-corrected chi connectivity index (χ1v) is 10.1. The van der Waals surface area contributed by atoms with Gasteiger partial charge in [-0.05, 0) is 46.0 Å². The van der Waals surface area contributed by atoms with Crippen molar-refractivity contribution >= 4 is 28.3 Å². The number of nitrogens with one attached hydrogen (secondary N) is 2. The highest BCUT2D eigenvalue weighted by molar-refractivity contribution is 7.13. The van der Waals surface area contributed by atoms with Crippen LogP contribution >= 0.6 is 11.3 Å². The van der Waals surface area contributed by atoms with Crippen molar-refractivity contribution in [3.63, 3.8) is 0 Å². The van der Waals surface area contributed by atoms with Crippen LogP contribution in [0.5, 0.6) is 0 Å². The predicted molar refractivity (Wildman–Crippen MR) is 103 cm³/mol. The van der Waals surface area contributed by atoms with Gasteiger partial charge in [-0.2, -0.15) is 0 Å². The normalized spacial score (nSPS) is 26.6. The van der Waals surface area contributed by atoms with Gasteiger partial charge in [0.2, 0.25) is 5.91 Å². The summed E-state index contributed by atoms with van der Waals surface area (Å²) in [6, 6.07) is 0. The Balaban J connectivity index is 1.49. The molecule has 2 fully saturated rings. The summed E-state index contributed by atoms with van der Waals surface area (Å²) in [5, 5.41) is 8.75. The summed E-state index contributed by atoms with van der Waals surface area (Å²) in [4.78, 5) is 38.4. The van der Waals surface area contributed by atoms with Crippen LogP contribution in [0.1, 0.15) is 60.4 Å². The van der Waals surface area contributed by atoms with Gasteiger partial charge >= 0.3 is 0 Å². The van der Waals surface area contributed by atoms with Gasteiger partial charge in [0.1, 0.15) is 5.69 Å². The predicted octanol–water partition coefficient (Wildman–Crippen LogP) is 3.01. The van der Waals surface area contributed by atoms with E-state index in [0.717, 1.165) is 37.8 Å². The Bertz CT molecular complexity index is 898. The number of carbonyl (C=O) groups excluding carboxylic acids is 2. The minimum Gasteiger partial charge on any atom is -0.345 e. The Hall–Kier alpha value is -2.35. The summed E-state index contributed by atoms with van der Waals surface area (Å²) in [5.74, 6) is -0.178. The molecular formula is C19H23N5O2S. The third kappa shape index (κ3) is 3.45. The molecule has 0 spiro atoms. The lowest BCUT2D eigenvalue weighted by Gasteiger charge is -2.38. The van der Waals surface area contributed by atoms with E-state index in [9.17, 15) is 9.59 Å². The molecule has 2 aromatic rings. The van der Waals surface area contributed by atoms with Crippen LogP contribution in [0.25, 0.3) is 0 Å². The minimum absolute atomic E-state index is 0.0306. The number of rotatable bonds is 4. The smallest absolute Gasteiger partial charge is 0.271 e. The molecule has 2 aliphatic carbocycles. The minimum atomic E-state index is -0.427. The molecule has 2 aromatic heterocycles. The molecule has 0 radical (unpaired) electrons. The number of fused-ring (bicyclic) bond motifs is 2.